The predicted molar refractivity (Wildman–Crippen MR) is 121 cm³/mol. The Labute approximate surface area is 186 Å². The number of rotatable bonds is 6. The first-order valence-electron chi connectivity index (χ1n) is 9.77. The van der Waals surface area contributed by atoms with Crippen LogP contribution in [0.2, 0.25) is 0 Å². The normalized spacial score (nSPS) is 11.3. The highest BCUT2D eigenvalue weighted by atomic mass is 32.2. The Morgan fingerprint density at radius 3 is 2.47 bits per heavy atom. The Hall–Kier alpha value is -3.71. The van der Waals surface area contributed by atoms with Crippen LogP contribution in [0.3, 0.4) is 0 Å². The number of pyridine rings is 1. The molecule has 0 bridgehead atoms. The molecule has 0 amide bonds. The summed E-state index contributed by atoms with van der Waals surface area (Å²) in [6.45, 7) is 6.59. The third kappa shape index (κ3) is 4.95. The summed E-state index contributed by atoms with van der Waals surface area (Å²) in [5, 5.41) is 8.49. The number of anilines is 1. The minimum atomic E-state index is -3.68. The average Bonchev–Trinajstić information content (AvgIpc) is 2.72. The van der Waals surface area contributed by atoms with Crippen molar-refractivity contribution in [2.75, 3.05) is 4.72 Å². The van der Waals surface area contributed by atoms with Crippen LogP contribution in [-0.2, 0) is 17.1 Å². The van der Waals surface area contributed by atoms with E-state index in [0.717, 1.165) is 5.56 Å². The maximum absolute atomic E-state index is 12.4. The van der Waals surface area contributed by atoms with Crippen molar-refractivity contribution in [3.05, 3.63) is 63.6 Å². The van der Waals surface area contributed by atoms with Gasteiger partial charge in [0.15, 0.2) is 0 Å². The zero-order chi connectivity index (χ0) is 23.6. The molecule has 0 aliphatic rings. The molecule has 1 N–H and O–H groups in total. The Morgan fingerprint density at radius 2 is 1.84 bits per heavy atom. The molecular weight excluding hydrogens is 430 g/mol. The second kappa shape index (κ2) is 8.80. The molecule has 2 heterocycles. The van der Waals surface area contributed by atoms with Gasteiger partial charge in [0.2, 0.25) is 10.0 Å². The number of nitriles is 1. The van der Waals surface area contributed by atoms with Gasteiger partial charge in [-0.25, -0.2) is 8.42 Å². The first-order valence-corrected chi connectivity index (χ1v) is 11.3. The zero-order valence-corrected chi connectivity index (χ0v) is 19.2. The molecule has 0 atom stereocenters. The van der Waals surface area contributed by atoms with Crippen LogP contribution in [0, 0.1) is 25.2 Å². The molecule has 10 heteroatoms. The lowest BCUT2D eigenvalue weighted by Crippen LogP contribution is -2.23. The molecule has 0 fully saturated rings. The molecule has 3 aromatic rings. The second-order valence-corrected chi connectivity index (χ2v) is 9.88. The maximum Gasteiger partial charge on any atom is 0.324 e. The standard InChI is InChI=1S/C22H23N5O4S/c1-13(2)32(29,30)26-20-10-18(17-8-15(4)21(28)27(5)12-17)24-22(25-20)31-19-9-16(11-23)7-6-14(19)3/h6-10,12-13H,1-5H3,(H,24,25,26). The van der Waals surface area contributed by atoms with Crippen molar-refractivity contribution in [1.82, 2.24) is 14.5 Å². The fraction of sp³-hybridized carbons (Fsp3) is 0.273. The quantitative estimate of drug-likeness (QED) is 0.607. The van der Waals surface area contributed by atoms with E-state index in [-0.39, 0.29) is 17.4 Å². The molecule has 1 aromatic carbocycles. The number of aromatic nitrogens is 3. The van der Waals surface area contributed by atoms with Gasteiger partial charge in [0, 0.05) is 30.4 Å². The van der Waals surface area contributed by atoms with Gasteiger partial charge >= 0.3 is 6.01 Å². The topological polar surface area (TPSA) is 127 Å². The number of benzene rings is 1. The number of nitrogens with one attached hydrogen (secondary N) is 1. The van der Waals surface area contributed by atoms with Crippen LogP contribution in [-0.4, -0.2) is 28.2 Å². The van der Waals surface area contributed by atoms with E-state index in [1.807, 2.05) is 6.07 Å². The van der Waals surface area contributed by atoms with Gasteiger partial charge in [0.1, 0.15) is 11.6 Å². The summed E-state index contributed by atoms with van der Waals surface area (Å²) >= 11 is 0. The van der Waals surface area contributed by atoms with Crippen molar-refractivity contribution in [2.45, 2.75) is 32.9 Å². The Balaban J connectivity index is 2.15. The first-order chi connectivity index (χ1) is 15.0. The summed E-state index contributed by atoms with van der Waals surface area (Å²) < 4.78 is 34.5. The highest BCUT2D eigenvalue weighted by Crippen LogP contribution is 2.28. The van der Waals surface area contributed by atoms with Crippen LogP contribution in [0.5, 0.6) is 11.8 Å². The van der Waals surface area contributed by atoms with E-state index < -0.39 is 15.3 Å². The van der Waals surface area contributed by atoms with Gasteiger partial charge in [-0.1, -0.05) is 6.07 Å². The highest BCUT2D eigenvalue weighted by Gasteiger charge is 2.19. The van der Waals surface area contributed by atoms with Crippen LogP contribution in [0.25, 0.3) is 11.3 Å². The van der Waals surface area contributed by atoms with Crippen molar-refractivity contribution < 1.29 is 13.2 Å². The summed E-state index contributed by atoms with van der Waals surface area (Å²) in [6, 6.07) is 10.0. The molecule has 166 valence electrons. The fourth-order valence-electron chi connectivity index (χ4n) is 2.83. The van der Waals surface area contributed by atoms with E-state index >= 15 is 0 Å². The lowest BCUT2D eigenvalue weighted by atomic mass is 10.1. The maximum atomic E-state index is 12.4. The van der Waals surface area contributed by atoms with Crippen molar-refractivity contribution in [3.8, 4) is 29.1 Å². The summed E-state index contributed by atoms with van der Waals surface area (Å²) in [7, 11) is -2.05. The summed E-state index contributed by atoms with van der Waals surface area (Å²) in [5.41, 5.74) is 2.46. The van der Waals surface area contributed by atoms with E-state index in [2.05, 4.69) is 14.7 Å². The molecule has 0 radical (unpaired) electrons. The van der Waals surface area contributed by atoms with Gasteiger partial charge in [0.25, 0.3) is 5.56 Å². The number of sulfonamides is 1. The molecule has 0 aliphatic carbocycles. The van der Waals surface area contributed by atoms with Gasteiger partial charge in [-0.2, -0.15) is 15.2 Å². The Kier molecular flexibility index (Phi) is 6.32. The Morgan fingerprint density at radius 1 is 1.12 bits per heavy atom. The third-order valence-corrected chi connectivity index (χ3v) is 6.48. The van der Waals surface area contributed by atoms with E-state index in [9.17, 15) is 13.2 Å². The fourth-order valence-corrected chi connectivity index (χ4v) is 3.46. The van der Waals surface area contributed by atoms with Gasteiger partial charge in [-0.3, -0.25) is 9.52 Å². The van der Waals surface area contributed by atoms with Gasteiger partial charge in [-0.15, -0.1) is 0 Å². The smallest absolute Gasteiger partial charge is 0.324 e. The lowest BCUT2D eigenvalue weighted by Gasteiger charge is -2.14. The number of hydrogen-bond donors (Lipinski definition) is 1. The van der Waals surface area contributed by atoms with E-state index in [0.29, 0.717) is 28.1 Å². The van der Waals surface area contributed by atoms with Crippen LogP contribution in [0.4, 0.5) is 5.82 Å². The molecular formula is C22H23N5O4S. The van der Waals surface area contributed by atoms with Crippen molar-refractivity contribution >= 4 is 15.8 Å². The minimum Gasteiger partial charge on any atom is -0.424 e. The minimum absolute atomic E-state index is 0.0271. The predicted octanol–water partition coefficient (Wildman–Crippen LogP) is 3.27. The molecule has 0 saturated carbocycles. The SMILES string of the molecule is Cc1ccc(C#N)cc1Oc1nc(NS(=O)(=O)C(C)C)cc(-c2cc(C)c(=O)n(C)c2)n1. The summed E-state index contributed by atoms with van der Waals surface area (Å²) in [4.78, 5) is 20.7. The number of nitrogens with zero attached hydrogens (tertiary/aromatic N) is 4. The monoisotopic (exact) mass is 453 g/mol. The third-order valence-electron chi connectivity index (χ3n) is 4.75. The molecule has 0 unspecified atom stereocenters. The largest absolute Gasteiger partial charge is 0.424 e. The highest BCUT2D eigenvalue weighted by molar-refractivity contribution is 7.93. The van der Waals surface area contributed by atoms with Crippen LogP contribution < -0.4 is 15.0 Å². The molecule has 0 spiro atoms. The van der Waals surface area contributed by atoms with Crippen LogP contribution in [0.1, 0.15) is 30.5 Å². The first kappa shape index (κ1) is 23.0. The van der Waals surface area contributed by atoms with E-state index in [1.165, 1.54) is 10.6 Å². The van der Waals surface area contributed by atoms with E-state index in [4.69, 9.17) is 10.00 Å². The number of hydrogen-bond acceptors (Lipinski definition) is 7. The average molecular weight is 454 g/mol. The van der Waals surface area contributed by atoms with Crippen molar-refractivity contribution in [2.24, 2.45) is 7.05 Å². The van der Waals surface area contributed by atoms with Crippen molar-refractivity contribution in [3.63, 3.8) is 0 Å². The summed E-state index contributed by atoms with van der Waals surface area (Å²) in [5.74, 6) is 0.398. The van der Waals surface area contributed by atoms with Crippen molar-refractivity contribution in [1.29, 1.82) is 5.26 Å². The number of aryl methyl sites for hydroxylation is 3. The molecule has 0 aliphatic heterocycles. The van der Waals surface area contributed by atoms with Gasteiger partial charge < -0.3 is 9.30 Å². The van der Waals surface area contributed by atoms with Gasteiger partial charge in [0.05, 0.1) is 22.6 Å². The molecule has 32 heavy (non-hydrogen) atoms. The molecule has 9 nitrogen and oxygen atoms in total. The Bertz CT molecular complexity index is 1360. The van der Waals surface area contributed by atoms with Gasteiger partial charge in [-0.05, 0) is 51.5 Å². The van der Waals surface area contributed by atoms with Crippen LogP contribution in [0.15, 0.2) is 41.3 Å². The summed E-state index contributed by atoms with van der Waals surface area (Å²) in [6.07, 6.45) is 1.60. The number of ether oxygens (including phenoxy) is 1. The molecule has 2 aromatic heterocycles. The second-order valence-electron chi connectivity index (χ2n) is 7.64. The molecule has 0 saturated heterocycles. The molecule has 3 rings (SSSR count). The zero-order valence-electron chi connectivity index (χ0n) is 18.4. The lowest BCUT2D eigenvalue weighted by molar-refractivity contribution is 0.440. The van der Waals surface area contributed by atoms with Crippen LogP contribution >= 0.6 is 0 Å². The van der Waals surface area contributed by atoms with E-state index in [1.54, 1.807) is 65.2 Å².